The summed E-state index contributed by atoms with van der Waals surface area (Å²) >= 11 is 2.04. The quantitative estimate of drug-likeness (QED) is 0.918. The lowest BCUT2D eigenvalue weighted by Crippen LogP contribution is -2.47. The molecule has 0 aromatic heterocycles. The van der Waals surface area contributed by atoms with Gasteiger partial charge in [-0.05, 0) is 48.8 Å². The van der Waals surface area contributed by atoms with Crippen molar-refractivity contribution in [3.8, 4) is 0 Å². The van der Waals surface area contributed by atoms with Gasteiger partial charge in [0.1, 0.15) is 0 Å². The molecular weight excluding hydrogens is 278 g/mol. The SMILES string of the molecule is CCC(c1ccccc1)C(N)C1CCOC2(CCSC2)C1. The van der Waals surface area contributed by atoms with Gasteiger partial charge >= 0.3 is 0 Å². The number of ether oxygens (including phenoxy) is 1. The summed E-state index contributed by atoms with van der Waals surface area (Å²) in [6.07, 6.45) is 4.61. The van der Waals surface area contributed by atoms with Crippen LogP contribution in [0, 0.1) is 5.92 Å². The molecule has 4 unspecified atom stereocenters. The first-order valence-corrected chi connectivity index (χ1v) is 9.42. The molecule has 0 aliphatic carbocycles. The fourth-order valence-corrected chi connectivity index (χ4v) is 5.39. The van der Waals surface area contributed by atoms with Crippen LogP contribution in [0.1, 0.15) is 44.1 Å². The number of rotatable bonds is 4. The molecule has 21 heavy (non-hydrogen) atoms. The number of hydrogen-bond acceptors (Lipinski definition) is 3. The van der Waals surface area contributed by atoms with Crippen LogP contribution in [-0.4, -0.2) is 29.8 Å². The van der Waals surface area contributed by atoms with Crippen LogP contribution in [0.3, 0.4) is 0 Å². The molecule has 1 aromatic carbocycles. The number of nitrogens with two attached hydrogens (primary N) is 1. The molecule has 116 valence electrons. The maximum absolute atomic E-state index is 6.72. The largest absolute Gasteiger partial charge is 0.374 e. The highest BCUT2D eigenvalue weighted by Gasteiger charge is 2.43. The Kier molecular flexibility index (Phi) is 4.92. The molecule has 2 saturated heterocycles. The van der Waals surface area contributed by atoms with E-state index in [1.807, 2.05) is 11.8 Å². The van der Waals surface area contributed by atoms with Gasteiger partial charge in [-0.1, -0.05) is 37.3 Å². The first-order chi connectivity index (χ1) is 10.2. The molecule has 2 nitrogen and oxygen atoms in total. The lowest BCUT2D eigenvalue weighted by Gasteiger charge is -2.42. The van der Waals surface area contributed by atoms with E-state index in [1.165, 1.54) is 23.5 Å². The molecule has 2 N–H and O–H groups in total. The van der Waals surface area contributed by atoms with Gasteiger partial charge in [0.2, 0.25) is 0 Å². The fraction of sp³-hybridized carbons (Fsp3) is 0.667. The van der Waals surface area contributed by atoms with E-state index in [1.54, 1.807) is 0 Å². The summed E-state index contributed by atoms with van der Waals surface area (Å²) in [5.74, 6) is 3.49. The third-order valence-corrected chi connectivity index (χ3v) is 6.50. The zero-order chi connectivity index (χ0) is 14.7. The third kappa shape index (κ3) is 3.30. The van der Waals surface area contributed by atoms with Crippen molar-refractivity contribution in [1.82, 2.24) is 0 Å². The fourth-order valence-electron chi connectivity index (χ4n) is 4.02. The molecular formula is C18H27NOS. The van der Waals surface area contributed by atoms with Crippen molar-refractivity contribution in [3.05, 3.63) is 35.9 Å². The van der Waals surface area contributed by atoms with Crippen LogP contribution < -0.4 is 5.73 Å². The minimum Gasteiger partial charge on any atom is -0.374 e. The van der Waals surface area contributed by atoms with Crippen LogP contribution in [0.25, 0.3) is 0 Å². The standard InChI is InChI=1S/C18H27NOS/c1-2-16(14-6-4-3-5-7-14)17(19)15-8-10-20-18(12-15)9-11-21-13-18/h3-7,15-17H,2,8-13,19H2,1H3. The van der Waals surface area contributed by atoms with Gasteiger partial charge in [-0.15, -0.1) is 0 Å². The lowest BCUT2D eigenvalue weighted by atomic mass is 9.75. The predicted octanol–water partition coefficient (Wildman–Crippen LogP) is 3.81. The average Bonchev–Trinajstić information content (AvgIpc) is 2.97. The minimum atomic E-state index is 0.139. The van der Waals surface area contributed by atoms with Gasteiger partial charge in [0.05, 0.1) is 5.60 Å². The highest BCUT2D eigenvalue weighted by Crippen LogP contribution is 2.43. The number of hydrogen-bond donors (Lipinski definition) is 1. The van der Waals surface area contributed by atoms with E-state index in [-0.39, 0.29) is 11.6 Å². The van der Waals surface area contributed by atoms with Crippen molar-refractivity contribution in [1.29, 1.82) is 0 Å². The molecule has 1 spiro atoms. The predicted molar refractivity (Wildman–Crippen MR) is 90.8 cm³/mol. The van der Waals surface area contributed by atoms with E-state index in [4.69, 9.17) is 10.5 Å². The van der Waals surface area contributed by atoms with E-state index in [0.29, 0.717) is 11.8 Å². The van der Waals surface area contributed by atoms with Crippen molar-refractivity contribution in [2.75, 3.05) is 18.1 Å². The van der Waals surface area contributed by atoms with Crippen LogP contribution >= 0.6 is 11.8 Å². The summed E-state index contributed by atoms with van der Waals surface area (Å²) in [6.45, 7) is 3.15. The summed E-state index contributed by atoms with van der Waals surface area (Å²) in [4.78, 5) is 0. The Labute approximate surface area is 132 Å². The van der Waals surface area contributed by atoms with Gasteiger partial charge in [0, 0.05) is 18.4 Å². The molecule has 3 heteroatoms. The summed E-state index contributed by atoms with van der Waals surface area (Å²) in [7, 11) is 0. The van der Waals surface area contributed by atoms with Crippen molar-refractivity contribution in [3.63, 3.8) is 0 Å². The maximum atomic E-state index is 6.72. The Balaban J connectivity index is 1.72. The number of thioether (sulfide) groups is 1. The smallest absolute Gasteiger partial charge is 0.0783 e. The average molecular weight is 305 g/mol. The summed E-state index contributed by atoms with van der Waals surface area (Å²) in [6, 6.07) is 11.1. The van der Waals surface area contributed by atoms with Crippen LogP contribution in [0.15, 0.2) is 30.3 Å². The molecule has 4 atom stereocenters. The van der Waals surface area contributed by atoms with E-state index >= 15 is 0 Å². The summed E-state index contributed by atoms with van der Waals surface area (Å²) < 4.78 is 6.15. The van der Waals surface area contributed by atoms with Gasteiger partial charge in [0.25, 0.3) is 0 Å². The van der Waals surface area contributed by atoms with Gasteiger partial charge in [0.15, 0.2) is 0 Å². The zero-order valence-corrected chi connectivity index (χ0v) is 13.8. The molecule has 0 radical (unpaired) electrons. The lowest BCUT2D eigenvalue weighted by molar-refractivity contribution is -0.0844. The molecule has 1 aromatic rings. The first-order valence-electron chi connectivity index (χ1n) is 8.26. The van der Waals surface area contributed by atoms with E-state index < -0.39 is 0 Å². The Hall–Kier alpha value is -0.510. The Bertz CT molecular complexity index is 444. The summed E-state index contributed by atoms with van der Waals surface area (Å²) in [5.41, 5.74) is 8.26. The topological polar surface area (TPSA) is 35.2 Å². The van der Waals surface area contributed by atoms with Gasteiger partial charge in [-0.3, -0.25) is 0 Å². The minimum absolute atomic E-state index is 0.139. The van der Waals surface area contributed by atoms with E-state index in [0.717, 1.165) is 25.9 Å². The molecule has 0 amide bonds. The highest BCUT2D eigenvalue weighted by molar-refractivity contribution is 7.99. The first kappa shape index (κ1) is 15.4. The van der Waals surface area contributed by atoms with E-state index in [9.17, 15) is 0 Å². The molecule has 2 fully saturated rings. The van der Waals surface area contributed by atoms with Gasteiger partial charge in [-0.25, -0.2) is 0 Å². The van der Waals surface area contributed by atoms with Crippen molar-refractivity contribution in [2.24, 2.45) is 11.7 Å². The number of benzene rings is 1. The second kappa shape index (κ2) is 6.72. The second-order valence-corrected chi connectivity index (χ2v) is 7.69. The van der Waals surface area contributed by atoms with Crippen LogP contribution in [0.5, 0.6) is 0 Å². The normalized spacial score (nSPS) is 32.2. The molecule has 3 rings (SSSR count). The molecule has 0 saturated carbocycles. The monoisotopic (exact) mass is 305 g/mol. The van der Waals surface area contributed by atoms with Gasteiger partial charge in [-0.2, -0.15) is 11.8 Å². The zero-order valence-electron chi connectivity index (χ0n) is 13.0. The second-order valence-electron chi connectivity index (χ2n) is 6.59. The van der Waals surface area contributed by atoms with Gasteiger partial charge < -0.3 is 10.5 Å². The summed E-state index contributed by atoms with van der Waals surface area (Å²) in [5, 5.41) is 0. The molecule has 2 aliphatic rings. The van der Waals surface area contributed by atoms with E-state index in [2.05, 4.69) is 37.3 Å². The molecule has 2 heterocycles. The van der Waals surface area contributed by atoms with Crippen molar-refractivity contribution >= 4 is 11.8 Å². The third-order valence-electron chi connectivity index (χ3n) is 5.27. The molecule has 2 aliphatic heterocycles. The van der Waals surface area contributed by atoms with Crippen LogP contribution in [-0.2, 0) is 4.74 Å². The van der Waals surface area contributed by atoms with Crippen molar-refractivity contribution in [2.45, 2.75) is 50.2 Å². The molecule has 0 bridgehead atoms. The highest BCUT2D eigenvalue weighted by atomic mass is 32.2. The Morgan fingerprint density at radius 3 is 2.86 bits per heavy atom. The van der Waals surface area contributed by atoms with Crippen LogP contribution in [0.2, 0.25) is 0 Å². The Morgan fingerprint density at radius 2 is 2.19 bits per heavy atom. The Morgan fingerprint density at radius 1 is 1.38 bits per heavy atom. The van der Waals surface area contributed by atoms with Crippen LogP contribution in [0.4, 0.5) is 0 Å². The maximum Gasteiger partial charge on any atom is 0.0783 e. The van der Waals surface area contributed by atoms with Crippen molar-refractivity contribution < 1.29 is 4.74 Å².